The van der Waals surface area contributed by atoms with Crippen LogP contribution in [0, 0.1) is 11.3 Å². The van der Waals surface area contributed by atoms with E-state index in [0.717, 1.165) is 24.9 Å². The van der Waals surface area contributed by atoms with Crippen molar-refractivity contribution in [3.8, 4) is 0 Å². The van der Waals surface area contributed by atoms with E-state index in [9.17, 15) is 0 Å². The fraction of sp³-hybridized carbons (Fsp3) is 1.00. The lowest BCUT2D eigenvalue weighted by Crippen LogP contribution is -2.37. The van der Waals surface area contributed by atoms with Crippen molar-refractivity contribution in [3.05, 3.63) is 0 Å². The van der Waals surface area contributed by atoms with Crippen LogP contribution in [-0.2, 0) is 0 Å². The Morgan fingerprint density at radius 2 is 1.76 bits per heavy atom. The van der Waals surface area contributed by atoms with Gasteiger partial charge in [-0.15, -0.1) is 11.6 Å². The van der Waals surface area contributed by atoms with Crippen molar-refractivity contribution < 1.29 is 0 Å². The third kappa shape index (κ3) is 6.67. The number of hydrogen-bond acceptors (Lipinski definition) is 1. The Hall–Kier alpha value is 0.250. The fourth-order valence-corrected chi connectivity index (χ4v) is 2.69. The lowest BCUT2D eigenvalue weighted by atomic mass is 9.84. The molecule has 1 N–H and O–H groups in total. The minimum absolute atomic E-state index is 0.310. The number of nitrogens with one attached hydrogen (secondary N) is 1. The number of unbranched alkanes of at least 4 members (excludes halogenated alkanes) is 1. The Bertz CT molecular complexity index is 158. The topological polar surface area (TPSA) is 12.0 Å². The van der Waals surface area contributed by atoms with Crippen LogP contribution >= 0.6 is 11.6 Å². The number of halogens is 1. The summed E-state index contributed by atoms with van der Waals surface area (Å²) in [7, 11) is 0. The molecule has 0 saturated carbocycles. The summed E-state index contributed by atoms with van der Waals surface area (Å²) in [6, 6.07) is 0. The van der Waals surface area contributed by atoms with E-state index in [2.05, 4.69) is 33.0 Å². The van der Waals surface area contributed by atoms with Crippen LogP contribution in [-0.4, -0.2) is 19.0 Å². The van der Waals surface area contributed by atoms with E-state index in [-0.39, 0.29) is 0 Å². The average molecular weight is 262 g/mol. The monoisotopic (exact) mass is 261 g/mol. The molecule has 0 aliphatic rings. The number of hydrogen-bond donors (Lipinski definition) is 1. The molecule has 0 aliphatic carbocycles. The molecule has 0 fully saturated rings. The maximum atomic E-state index is 6.12. The van der Waals surface area contributed by atoms with Gasteiger partial charge in [0.2, 0.25) is 0 Å². The maximum Gasteiger partial charge on any atom is 0.0291 e. The first-order chi connectivity index (χ1) is 8.17. The van der Waals surface area contributed by atoms with Crippen LogP contribution in [0.3, 0.4) is 0 Å². The van der Waals surface area contributed by atoms with Crippen LogP contribution in [0.5, 0.6) is 0 Å². The van der Waals surface area contributed by atoms with Gasteiger partial charge in [-0.05, 0) is 37.1 Å². The van der Waals surface area contributed by atoms with Crippen LogP contribution in [0.2, 0.25) is 0 Å². The largest absolute Gasteiger partial charge is 0.316 e. The predicted molar refractivity (Wildman–Crippen MR) is 79.9 cm³/mol. The van der Waals surface area contributed by atoms with Gasteiger partial charge >= 0.3 is 0 Å². The molecule has 0 aromatic rings. The summed E-state index contributed by atoms with van der Waals surface area (Å²) in [6.07, 6.45) is 7.68. The van der Waals surface area contributed by atoms with Crippen LogP contribution in [0.1, 0.15) is 66.2 Å². The summed E-state index contributed by atoms with van der Waals surface area (Å²) in [5.74, 6) is 1.62. The van der Waals surface area contributed by atoms with Gasteiger partial charge in [0.1, 0.15) is 0 Å². The molecule has 0 saturated heterocycles. The van der Waals surface area contributed by atoms with Gasteiger partial charge < -0.3 is 5.32 Å². The van der Waals surface area contributed by atoms with E-state index < -0.39 is 0 Å². The van der Waals surface area contributed by atoms with E-state index in [0.29, 0.717) is 5.41 Å². The highest BCUT2D eigenvalue weighted by Crippen LogP contribution is 2.27. The first-order valence-corrected chi connectivity index (χ1v) is 7.98. The molecule has 104 valence electrons. The molecule has 0 spiro atoms. The molecule has 0 rings (SSSR count). The van der Waals surface area contributed by atoms with Crippen LogP contribution < -0.4 is 5.32 Å². The van der Waals surface area contributed by atoms with Gasteiger partial charge in [0, 0.05) is 12.4 Å². The second-order valence-electron chi connectivity index (χ2n) is 5.39. The molecular formula is C15H32ClN. The summed E-state index contributed by atoms with van der Waals surface area (Å²) in [5.41, 5.74) is 0.310. The van der Waals surface area contributed by atoms with Gasteiger partial charge in [-0.1, -0.05) is 47.0 Å². The molecular weight excluding hydrogens is 230 g/mol. The van der Waals surface area contributed by atoms with E-state index in [1.165, 1.54) is 38.5 Å². The zero-order valence-electron chi connectivity index (χ0n) is 12.3. The zero-order valence-corrected chi connectivity index (χ0v) is 13.1. The van der Waals surface area contributed by atoms with E-state index >= 15 is 0 Å². The standard InChI is InChI=1S/C15H32ClN/c1-5-9-10-14(6-2)11-17-13-15(7-3,8-4)12-16/h14,17H,5-13H2,1-4H3. The molecule has 0 aliphatic heterocycles. The van der Waals surface area contributed by atoms with Crippen molar-refractivity contribution in [1.82, 2.24) is 5.32 Å². The van der Waals surface area contributed by atoms with E-state index in [4.69, 9.17) is 11.6 Å². The van der Waals surface area contributed by atoms with Crippen molar-refractivity contribution in [1.29, 1.82) is 0 Å². The molecule has 0 bridgehead atoms. The van der Waals surface area contributed by atoms with Crippen LogP contribution in [0.15, 0.2) is 0 Å². The molecule has 0 radical (unpaired) electrons. The summed E-state index contributed by atoms with van der Waals surface area (Å²) in [5, 5.41) is 3.65. The fourth-order valence-electron chi connectivity index (χ4n) is 2.22. The molecule has 1 nitrogen and oxygen atoms in total. The third-order valence-corrected chi connectivity index (χ3v) is 4.83. The minimum atomic E-state index is 0.310. The molecule has 0 aromatic carbocycles. The second-order valence-corrected chi connectivity index (χ2v) is 5.66. The van der Waals surface area contributed by atoms with E-state index in [1.807, 2.05) is 0 Å². The summed E-state index contributed by atoms with van der Waals surface area (Å²) < 4.78 is 0. The van der Waals surface area contributed by atoms with Gasteiger partial charge in [-0.2, -0.15) is 0 Å². The van der Waals surface area contributed by atoms with Gasteiger partial charge in [-0.3, -0.25) is 0 Å². The quantitative estimate of drug-likeness (QED) is 0.525. The van der Waals surface area contributed by atoms with Gasteiger partial charge in [-0.25, -0.2) is 0 Å². The number of rotatable bonds is 11. The highest BCUT2D eigenvalue weighted by Gasteiger charge is 2.24. The van der Waals surface area contributed by atoms with Crippen molar-refractivity contribution >= 4 is 11.6 Å². The Morgan fingerprint density at radius 1 is 1.12 bits per heavy atom. The normalized spacial score (nSPS) is 13.9. The summed E-state index contributed by atoms with van der Waals surface area (Å²) in [4.78, 5) is 0. The third-order valence-electron chi connectivity index (χ3n) is 4.26. The minimum Gasteiger partial charge on any atom is -0.316 e. The lowest BCUT2D eigenvalue weighted by Gasteiger charge is -2.30. The van der Waals surface area contributed by atoms with E-state index in [1.54, 1.807) is 0 Å². The van der Waals surface area contributed by atoms with Gasteiger partial charge in [0.15, 0.2) is 0 Å². The number of alkyl halides is 1. The Balaban J connectivity index is 3.92. The highest BCUT2D eigenvalue weighted by atomic mass is 35.5. The van der Waals surface area contributed by atoms with Crippen molar-refractivity contribution in [2.24, 2.45) is 11.3 Å². The molecule has 0 aromatic heterocycles. The predicted octanol–water partition coefficient (Wildman–Crippen LogP) is 4.84. The molecule has 0 amide bonds. The Kier molecular flexibility index (Phi) is 10.3. The van der Waals surface area contributed by atoms with Crippen molar-refractivity contribution in [2.45, 2.75) is 66.2 Å². The summed E-state index contributed by atoms with van der Waals surface area (Å²) in [6.45, 7) is 11.3. The second kappa shape index (κ2) is 10.2. The molecule has 2 heteroatoms. The first kappa shape index (κ1) is 17.2. The average Bonchev–Trinajstić information content (AvgIpc) is 2.39. The SMILES string of the molecule is CCCCC(CC)CNCC(CC)(CC)CCl. The van der Waals surface area contributed by atoms with Gasteiger partial charge in [0.25, 0.3) is 0 Å². The highest BCUT2D eigenvalue weighted by molar-refractivity contribution is 6.18. The first-order valence-electron chi connectivity index (χ1n) is 7.44. The van der Waals surface area contributed by atoms with Crippen LogP contribution in [0.25, 0.3) is 0 Å². The molecule has 0 heterocycles. The zero-order chi connectivity index (χ0) is 13.1. The van der Waals surface area contributed by atoms with Gasteiger partial charge in [0.05, 0.1) is 0 Å². The molecule has 17 heavy (non-hydrogen) atoms. The van der Waals surface area contributed by atoms with Crippen molar-refractivity contribution in [2.75, 3.05) is 19.0 Å². The lowest BCUT2D eigenvalue weighted by molar-refractivity contribution is 0.274. The Labute approximate surface area is 114 Å². The maximum absolute atomic E-state index is 6.12. The molecule has 1 atom stereocenters. The molecule has 1 unspecified atom stereocenters. The van der Waals surface area contributed by atoms with Crippen LogP contribution in [0.4, 0.5) is 0 Å². The smallest absolute Gasteiger partial charge is 0.0291 e. The summed E-state index contributed by atoms with van der Waals surface area (Å²) >= 11 is 6.12. The van der Waals surface area contributed by atoms with Crippen molar-refractivity contribution in [3.63, 3.8) is 0 Å². The Morgan fingerprint density at radius 3 is 2.18 bits per heavy atom.